The number of hydrogen-bond acceptors (Lipinski definition) is 4. The number of aromatic hydroxyl groups is 1. The van der Waals surface area contributed by atoms with Gasteiger partial charge in [-0.3, -0.25) is 5.10 Å². The van der Waals surface area contributed by atoms with E-state index in [1.807, 2.05) is 0 Å². The molecule has 0 saturated heterocycles. The van der Waals surface area contributed by atoms with Crippen molar-refractivity contribution in [1.29, 1.82) is 0 Å². The molecule has 0 aliphatic heterocycles. The zero-order chi connectivity index (χ0) is 12.3. The van der Waals surface area contributed by atoms with Crippen LogP contribution in [0.1, 0.15) is 5.56 Å². The minimum atomic E-state index is -3.56. The smallest absolute Gasteiger partial charge is 0.240 e. The molecule has 3 N–H and O–H groups in total. The first-order valence-electron chi connectivity index (χ1n) is 4.84. The first-order valence-corrected chi connectivity index (χ1v) is 6.32. The van der Waals surface area contributed by atoms with Crippen molar-refractivity contribution < 1.29 is 13.5 Å². The van der Waals surface area contributed by atoms with Crippen LogP contribution in [0.5, 0.6) is 5.75 Å². The Bertz CT molecular complexity index is 576. The molecule has 2 rings (SSSR count). The van der Waals surface area contributed by atoms with E-state index >= 15 is 0 Å². The highest BCUT2D eigenvalue weighted by Crippen LogP contribution is 2.14. The van der Waals surface area contributed by atoms with Crippen molar-refractivity contribution in [3.63, 3.8) is 0 Å². The number of H-pyrrole nitrogens is 1. The van der Waals surface area contributed by atoms with Gasteiger partial charge in [-0.25, -0.2) is 13.1 Å². The van der Waals surface area contributed by atoms with E-state index in [2.05, 4.69) is 14.9 Å². The molecule has 1 aromatic carbocycles. The predicted octanol–water partition coefficient (Wildman–Crippen LogP) is 0.594. The molecule has 6 nitrogen and oxygen atoms in total. The van der Waals surface area contributed by atoms with Gasteiger partial charge in [0, 0.05) is 18.3 Å². The Morgan fingerprint density at radius 3 is 2.59 bits per heavy atom. The number of phenolic OH excluding ortho intramolecular Hbond substituents is 1. The summed E-state index contributed by atoms with van der Waals surface area (Å²) in [6, 6.07) is 5.33. The molecular formula is C10H11N3O3S. The van der Waals surface area contributed by atoms with Gasteiger partial charge in [-0.2, -0.15) is 5.10 Å². The maximum absolute atomic E-state index is 11.8. The molecule has 1 heterocycles. The number of sulfonamides is 1. The normalized spacial score (nSPS) is 11.5. The fraction of sp³-hybridized carbons (Fsp3) is 0.100. The summed E-state index contributed by atoms with van der Waals surface area (Å²) in [5, 5.41) is 15.4. The van der Waals surface area contributed by atoms with Crippen molar-refractivity contribution in [2.45, 2.75) is 11.4 Å². The summed E-state index contributed by atoms with van der Waals surface area (Å²) in [4.78, 5) is 0.110. The quantitative estimate of drug-likeness (QED) is 0.743. The van der Waals surface area contributed by atoms with Crippen LogP contribution in [0.2, 0.25) is 0 Å². The lowest BCUT2D eigenvalue weighted by atomic mass is 10.3. The summed E-state index contributed by atoms with van der Waals surface area (Å²) >= 11 is 0. The Hall–Kier alpha value is -1.86. The van der Waals surface area contributed by atoms with E-state index in [1.54, 1.807) is 12.4 Å². The Balaban J connectivity index is 2.11. The van der Waals surface area contributed by atoms with E-state index in [0.717, 1.165) is 5.56 Å². The Morgan fingerprint density at radius 1 is 1.29 bits per heavy atom. The van der Waals surface area contributed by atoms with Gasteiger partial charge >= 0.3 is 0 Å². The molecule has 0 aliphatic carbocycles. The molecule has 2 aromatic rings. The molecule has 0 amide bonds. The minimum absolute atomic E-state index is 0.0267. The lowest BCUT2D eigenvalue weighted by molar-refractivity contribution is 0.474. The van der Waals surface area contributed by atoms with Gasteiger partial charge in [0.2, 0.25) is 10.0 Å². The number of aromatic amines is 1. The molecule has 0 saturated carbocycles. The van der Waals surface area contributed by atoms with E-state index in [4.69, 9.17) is 5.11 Å². The first-order chi connectivity index (χ1) is 8.08. The van der Waals surface area contributed by atoms with Crippen LogP contribution < -0.4 is 4.72 Å². The molecule has 0 bridgehead atoms. The molecule has 0 radical (unpaired) electrons. The van der Waals surface area contributed by atoms with E-state index in [-0.39, 0.29) is 17.2 Å². The van der Waals surface area contributed by atoms with Crippen molar-refractivity contribution in [3.8, 4) is 5.75 Å². The number of nitrogens with zero attached hydrogens (tertiary/aromatic N) is 1. The van der Waals surface area contributed by atoms with Gasteiger partial charge in [0.05, 0.1) is 11.1 Å². The number of phenols is 1. The molecule has 0 aliphatic rings. The van der Waals surface area contributed by atoms with Crippen LogP contribution in [0, 0.1) is 0 Å². The van der Waals surface area contributed by atoms with Crippen LogP contribution >= 0.6 is 0 Å². The van der Waals surface area contributed by atoms with Crippen LogP contribution in [0.15, 0.2) is 41.6 Å². The molecule has 0 atom stereocenters. The van der Waals surface area contributed by atoms with Gasteiger partial charge < -0.3 is 5.11 Å². The molecule has 0 unspecified atom stereocenters. The maximum Gasteiger partial charge on any atom is 0.240 e. The second-order valence-electron chi connectivity index (χ2n) is 3.43. The maximum atomic E-state index is 11.8. The second-order valence-corrected chi connectivity index (χ2v) is 5.19. The van der Waals surface area contributed by atoms with Gasteiger partial charge in [-0.15, -0.1) is 0 Å². The van der Waals surface area contributed by atoms with Gasteiger partial charge in [-0.1, -0.05) is 0 Å². The fourth-order valence-corrected chi connectivity index (χ4v) is 2.28. The lowest BCUT2D eigenvalue weighted by Gasteiger charge is -2.05. The van der Waals surface area contributed by atoms with Crippen molar-refractivity contribution in [3.05, 3.63) is 42.2 Å². The van der Waals surface area contributed by atoms with Crippen LogP contribution in [-0.2, 0) is 16.6 Å². The van der Waals surface area contributed by atoms with E-state index in [0.29, 0.717) is 0 Å². The average Bonchev–Trinajstić information content (AvgIpc) is 2.80. The van der Waals surface area contributed by atoms with Crippen molar-refractivity contribution >= 4 is 10.0 Å². The van der Waals surface area contributed by atoms with Crippen LogP contribution in [-0.4, -0.2) is 23.7 Å². The van der Waals surface area contributed by atoms with Gasteiger partial charge in [0.1, 0.15) is 5.75 Å². The fourth-order valence-electron chi connectivity index (χ4n) is 1.26. The number of rotatable bonds is 4. The number of nitrogens with one attached hydrogen (secondary N) is 2. The summed E-state index contributed by atoms with van der Waals surface area (Å²) < 4.78 is 26.1. The van der Waals surface area contributed by atoms with E-state index in [1.165, 1.54) is 24.3 Å². The third-order valence-corrected chi connectivity index (χ3v) is 3.59. The number of hydrogen-bond donors (Lipinski definition) is 3. The van der Waals surface area contributed by atoms with Gasteiger partial charge in [0.25, 0.3) is 0 Å². The highest BCUT2D eigenvalue weighted by molar-refractivity contribution is 7.89. The van der Waals surface area contributed by atoms with Crippen molar-refractivity contribution in [2.24, 2.45) is 0 Å². The Labute approximate surface area is 98.4 Å². The summed E-state index contributed by atoms with van der Waals surface area (Å²) in [5.41, 5.74) is 0.743. The molecule has 0 fully saturated rings. The van der Waals surface area contributed by atoms with E-state index < -0.39 is 10.0 Å². The van der Waals surface area contributed by atoms with Crippen molar-refractivity contribution in [2.75, 3.05) is 0 Å². The molecule has 90 valence electrons. The standard InChI is InChI=1S/C10H11N3O3S/c14-9-1-3-10(4-2-9)17(15,16)13-7-8-5-11-12-6-8/h1-6,13-14H,7H2,(H,11,12). The SMILES string of the molecule is O=S(=O)(NCc1cn[nH]c1)c1ccc(O)cc1. The average molecular weight is 253 g/mol. The minimum Gasteiger partial charge on any atom is -0.508 e. The molecule has 1 aromatic heterocycles. The third kappa shape index (κ3) is 2.83. The van der Waals surface area contributed by atoms with Gasteiger partial charge in [0.15, 0.2) is 0 Å². The van der Waals surface area contributed by atoms with Crippen molar-refractivity contribution in [1.82, 2.24) is 14.9 Å². The Kier molecular flexibility index (Phi) is 3.12. The molecule has 0 spiro atoms. The second kappa shape index (κ2) is 4.56. The Morgan fingerprint density at radius 2 is 2.00 bits per heavy atom. The van der Waals surface area contributed by atoms with E-state index in [9.17, 15) is 8.42 Å². The van der Waals surface area contributed by atoms with Crippen LogP contribution in [0.4, 0.5) is 0 Å². The zero-order valence-electron chi connectivity index (χ0n) is 8.79. The first kappa shape index (κ1) is 11.6. The summed E-state index contributed by atoms with van der Waals surface area (Å²) in [5.74, 6) is 0.0267. The third-order valence-electron chi connectivity index (χ3n) is 2.17. The summed E-state index contributed by atoms with van der Waals surface area (Å²) in [6.07, 6.45) is 3.15. The monoisotopic (exact) mass is 253 g/mol. The highest BCUT2D eigenvalue weighted by atomic mass is 32.2. The van der Waals surface area contributed by atoms with Crippen LogP contribution in [0.3, 0.4) is 0 Å². The zero-order valence-corrected chi connectivity index (χ0v) is 9.61. The predicted molar refractivity (Wildman–Crippen MR) is 60.7 cm³/mol. The molecule has 7 heteroatoms. The van der Waals surface area contributed by atoms with Crippen LogP contribution in [0.25, 0.3) is 0 Å². The molecule has 17 heavy (non-hydrogen) atoms. The number of aromatic nitrogens is 2. The largest absolute Gasteiger partial charge is 0.508 e. The number of benzene rings is 1. The summed E-state index contributed by atoms with van der Waals surface area (Å²) in [7, 11) is -3.56. The van der Waals surface area contributed by atoms with Gasteiger partial charge in [-0.05, 0) is 24.3 Å². The topological polar surface area (TPSA) is 95.1 Å². The summed E-state index contributed by atoms with van der Waals surface area (Å²) in [6.45, 7) is 0.166. The molecular weight excluding hydrogens is 242 g/mol. The lowest BCUT2D eigenvalue weighted by Crippen LogP contribution is -2.22. The highest BCUT2D eigenvalue weighted by Gasteiger charge is 2.13.